The van der Waals surface area contributed by atoms with Crippen LogP contribution >= 0.6 is 24.0 Å². The van der Waals surface area contributed by atoms with Gasteiger partial charge in [-0.15, -0.1) is 0 Å². The smallest absolute Gasteiger partial charge is 0.244 e. The monoisotopic (exact) mass is 322 g/mol. The van der Waals surface area contributed by atoms with Gasteiger partial charge in [0.05, 0.1) is 5.25 Å². The van der Waals surface area contributed by atoms with Crippen LogP contribution in [0.4, 0.5) is 5.69 Å². The lowest BCUT2D eigenvalue weighted by atomic mass is 10.1. The molecule has 0 bridgehead atoms. The van der Waals surface area contributed by atoms with Crippen molar-refractivity contribution >= 4 is 45.8 Å². The topological polar surface area (TPSA) is 49.4 Å². The van der Waals surface area contributed by atoms with E-state index in [2.05, 4.69) is 5.32 Å². The minimum Gasteiger partial charge on any atom is -0.324 e. The molecule has 1 aromatic rings. The third-order valence-corrected chi connectivity index (χ3v) is 5.17. The number of carbonyl (C=O) groups excluding carboxylic acids is 2. The molecular formula is C15H18N2O2S2. The summed E-state index contributed by atoms with van der Waals surface area (Å²) >= 11 is 6.55. The Balaban J connectivity index is 2.06. The molecule has 1 fully saturated rings. The number of hydrogen-bond donors (Lipinski definition) is 1. The molecule has 1 aliphatic rings. The van der Waals surface area contributed by atoms with Crippen LogP contribution in [-0.4, -0.2) is 32.8 Å². The highest BCUT2D eigenvalue weighted by Crippen LogP contribution is 2.29. The molecule has 1 unspecified atom stereocenters. The van der Waals surface area contributed by atoms with Crippen molar-refractivity contribution in [2.24, 2.45) is 0 Å². The van der Waals surface area contributed by atoms with E-state index < -0.39 is 0 Å². The van der Waals surface area contributed by atoms with E-state index in [1.807, 2.05) is 39.0 Å². The fourth-order valence-electron chi connectivity index (χ4n) is 2.23. The van der Waals surface area contributed by atoms with Crippen molar-refractivity contribution in [1.82, 2.24) is 4.90 Å². The molecule has 4 nitrogen and oxygen atoms in total. The molecule has 1 aliphatic heterocycles. The zero-order chi connectivity index (χ0) is 15.6. The predicted octanol–water partition coefficient (Wildman–Crippen LogP) is 2.88. The Kier molecular flexibility index (Phi) is 5.00. The fraction of sp³-hybridized carbons (Fsp3) is 0.400. The van der Waals surface area contributed by atoms with Crippen LogP contribution in [0, 0.1) is 13.8 Å². The molecule has 21 heavy (non-hydrogen) atoms. The van der Waals surface area contributed by atoms with Gasteiger partial charge >= 0.3 is 0 Å². The SMILES string of the molecule is CCC1SC(=S)N(CC(=O)Nc2c(C)cccc2C)C1=O. The van der Waals surface area contributed by atoms with E-state index in [4.69, 9.17) is 12.2 Å². The lowest BCUT2D eigenvalue weighted by molar-refractivity contribution is -0.129. The Morgan fingerprint density at radius 2 is 2.00 bits per heavy atom. The number of para-hydroxylation sites is 1. The summed E-state index contributed by atoms with van der Waals surface area (Å²) in [6.07, 6.45) is 0.721. The summed E-state index contributed by atoms with van der Waals surface area (Å²) in [6, 6.07) is 5.83. The largest absolute Gasteiger partial charge is 0.324 e. The quantitative estimate of drug-likeness (QED) is 0.866. The first-order chi connectivity index (χ1) is 9.93. The molecule has 0 radical (unpaired) electrons. The van der Waals surface area contributed by atoms with Crippen LogP contribution in [0.15, 0.2) is 18.2 Å². The second-order valence-corrected chi connectivity index (χ2v) is 6.86. The summed E-state index contributed by atoms with van der Waals surface area (Å²) in [5, 5.41) is 2.73. The second-order valence-electron chi connectivity index (χ2n) is 5.02. The maximum atomic E-state index is 12.2. The van der Waals surface area contributed by atoms with Crippen LogP contribution in [0.5, 0.6) is 0 Å². The number of thiocarbonyl (C=S) groups is 1. The van der Waals surface area contributed by atoms with Gasteiger partial charge in [0, 0.05) is 5.69 Å². The van der Waals surface area contributed by atoms with Gasteiger partial charge in [0.2, 0.25) is 11.8 Å². The summed E-state index contributed by atoms with van der Waals surface area (Å²) in [6.45, 7) is 5.81. The lowest BCUT2D eigenvalue weighted by Crippen LogP contribution is -2.38. The maximum Gasteiger partial charge on any atom is 0.244 e. The Morgan fingerprint density at radius 1 is 1.38 bits per heavy atom. The van der Waals surface area contributed by atoms with Gasteiger partial charge in [-0.05, 0) is 31.4 Å². The summed E-state index contributed by atoms with van der Waals surface area (Å²) in [5.74, 6) is -0.287. The number of benzene rings is 1. The Bertz CT molecular complexity index is 581. The van der Waals surface area contributed by atoms with Crippen molar-refractivity contribution < 1.29 is 9.59 Å². The molecule has 2 amide bonds. The van der Waals surface area contributed by atoms with Crippen LogP contribution in [-0.2, 0) is 9.59 Å². The van der Waals surface area contributed by atoms with E-state index in [9.17, 15) is 9.59 Å². The summed E-state index contributed by atoms with van der Waals surface area (Å²) < 4.78 is 0.489. The molecule has 0 saturated carbocycles. The fourth-order valence-corrected chi connectivity index (χ4v) is 3.66. The highest BCUT2D eigenvalue weighted by atomic mass is 32.2. The average molecular weight is 322 g/mol. The molecule has 6 heteroatoms. The molecule has 1 heterocycles. The van der Waals surface area contributed by atoms with Crippen LogP contribution in [0.25, 0.3) is 0 Å². The molecule has 1 N–H and O–H groups in total. The van der Waals surface area contributed by atoms with Crippen molar-refractivity contribution in [3.05, 3.63) is 29.3 Å². The van der Waals surface area contributed by atoms with E-state index >= 15 is 0 Å². The van der Waals surface area contributed by atoms with Crippen LogP contribution in [0.2, 0.25) is 0 Å². The van der Waals surface area contributed by atoms with Crippen LogP contribution in [0.1, 0.15) is 24.5 Å². The highest BCUT2D eigenvalue weighted by Gasteiger charge is 2.36. The number of rotatable bonds is 4. The molecule has 2 rings (SSSR count). The normalized spacial score (nSPS) is 18.2. The number of amides is 2. The van der Waals surface area contributed by atoms with Crippen molar-refractivity contribution in [3.8, 4) is 0 Å². The van der Waals surface area contributed by atoms with Gasteiger partial charge in [-0.2, -0.15) is 0 Å². The minimum absolute atomic E-state index is 0.0189. The minimum atomic E-state index is -0.222. The van der Waals surface area contributed by atoms with Crippen LogP contribution < -0.4 is 5.32 Å². The highest BCUT2D eigenvalue weighted by molar-refractivity contribution is 8.24. The number of thioether (sulfide) groups is 1. The van der Waals surface area contributed by atoms with E-state index in [-0.39, 0.29) is 23.6 Å². The van der Waals surface area contributed by atoms with Gasteiger partial charge in [-0.25, -0.2) is 0 Å². The number of aryl methyl sites for hydroxylation is 2. The molecule has 0 spiro atoms. The average Bonchev–Trinajstić information content (AvgIpc) is 2.70. The number of carbonyl (C=O) groups is 2. The number of nitrogens with zero attached hydrogens (tertiary/aromatic N) is 1. The summed E-state index contributed by atoms with van der Waals surface area (Å²) in [5.41, 5.74) is 2.80. The third-order valence-electron chi connectivity index (χ3n) is 3.42. The maximum absolute atomic E-state index is 12.2. The van der Waals surface area contributed by atoms with Crippen molar-refractivity contribution in [2.45, 2.75) is 32.4 Å². The summed E-state index contributed by atoms with van der Waals surface area (Å²) in [4.78, 5) is 25.7. The first-order valence-corrected chi connectivity index (χ1v) is 8.11. The molecule has 0 aliphatic carbocycles. The zero-order valence-corrected chi connectivity index (χ0v) is 13.9. The van der Waals surface area contributed by atoms with Gasteiger partial charge in [0.1, 0.15) is 10.9 Å². The number of anilines is 1. The van der Waals surface area contributed by atoms with Crippen LogP contribution in [0.3, 0.4) is 0 Å². The van der Waals surface area contributed by atoms with Crippen molar-refractivity contribution in [1.29, 1.82) is 0 Å². The van der Waals surface area contributed by atoms with E-state index in [0.29, 0.717) is 4.32 Å². The van der Waals surface area contributed by atoms with Crippen molar-refractivity contribution in [3.63, 3.8) is 0 Å². The van der Waals surface area contributed by atoms with Gasteiger partial charge in [0.15, 0.2) is 0 Å². The Morgan fingerprint density at radius 3 is 2.52 bits per heavy atom. The standard InChI is InChI=1S/C15H18N2O2S2/c1-4-11-14(19)17(15(20)21-11)8-12(18)16-13-9(2)6-5-7-10(13)3/h5-7,11H,4,8H2,1-3H3,(H,16,18). The molecule has 1 aromatic carbocycles. The molecule has 1 atom stereocenters. The van der Waals surface area contributed by atoms with E-state index in [1.165, 1.54) is 16.7 Å². The predicted molar refractivity (Wildman–Crippen MR) is 90.5 cm³/mol. The first kappa shape index (κ1) is 16.0. The third kappa shape index (κ3) is 3.44. The second kappa shape index (κ2) is 6.58. The lowest BCUT2D eigenvalue weighted by Gasteiger charge is -2.17. The molecule has 1 saturated heterocycles. The molecule has 112 valence electrons. The van der Waals surface area contributed by atoms with Gasteiger partial charge in [0.25, 0.3) is 0 Å². The number of hydrogen-bond acceptors (Lipinski definition) is 4. The molecular weight excluding hydrogens is 304 g/mol. The van der Waals surface area contributed by atoms with E-state index in [1.54, 1.807) is 0 Å². The van der Waals surface area contributed by atoms with Gasteiger partial charge in [-0.3, -0.25) is 14.5 Å². The Labute approximate surface area is 134 Å². The van der Waals surface area contributed by atoms with Gasteiger partial charge in [-0.1, -0.05) is 49.1 Å². The number of nitrogens with one attached hydrogen (secondary N) is 1. The van der Waals surface area contributed by atoms with E-state index in [0.717, 1.165) is 23.2 Å². The van der Waals surface area contributed by atoms with Gasteiger partial charge < -0.3 is 5.32 Å². The molecule has 0 aromatic heterocycles. The Hall–Kier alpha value is -1.40. The first-order valence-electron chi connectivity index (χ1n) is 6.82. The summed E-state index contributed by atoms with van der Waals surface area (Å²) in [7, 11) is 0. The van der Waals surface area contributed by atoms with Crippen molar-refractivity contribution in [2.75, 3.05) is 11.9 Å². The zero-order valence-electron chi connectivity index (χ0n) is 12.3.